The van der Waals surface area contributed by atoms with Gasteiger partial charge in [-0.15, -0.1) is 0 Å². The first kappa shape index (κ1) is 13.9. The summed E-state index contributed by atoms with van der Waals surface area (Å²) < 4.78 is 0. The van der Waals surface area contributed by atoms with E-state index in [0.717, 1.165) is 12.8 Å². The molecule has 1 atom stereocenters. The number of hydrogen-bond donors (Lipinski definition) is 1. The monoisotopic (exact) mass is 254 g/mol. The molecule has 0 saturated carbocycles. The Morgan fingerprint density at radius 1 is 1.22 bits per heavy atom. The molecule has 0 aromatic heterocycles. The van der Waals surface area contributed by atoms with E-state index in [2.05, 4.69) is 0 Å². The lowest BCUT2D eigenvalue weighted by atomic mass is 9.95. The normalized spacial score (nSPS) is 12.1. The minimum absolute atomic E-state index is 0.0343. The molecule has 0 radical (unpaired) electrons. The fourth-order valence-corrected chi connectivity index (χ4v) is 1.79. The molecule has 0 saturated heterocycles. The highest BCUT2D eigenvalue weighted by atomic mass is 16.6. The maximum Gasteiger partial charge on any atom is 0.318 e. The molecule has 0 aliphatic heterocycles. The topological polar surface area (TPSA) is 107 Å². The summed E-state index contributed by atoms with van der Waals surface area (Å²) in [6.07, 6.45) is 1.63. The molecule has 18 heavy (non-hydrogen) atoms. The van der Waals surface area contributed by atoms with Gasteiger partial charge in [0.15, 0.2) is 0 Å². The highest BCUT2D eigenvalue weighted by Gasteiger charge is 2.27. The molecular formula is C11H14N2O5. The van der Waals surface area contributed by atoms with Crippen LogP contribution in [-0.2, 0) is 0 Å². The number of nitro groups is 2. The van der Waals surface area contributed by atoms with Crippen LogP contribution in [0.5, 0.6) is 5.75 Å². The third-order valence-electron chi connectivity index (χ3n) is 2.78. The van der Waals surface area contributed by atoms with Gasteiger partial charge in [0.25, 0.3) is 5.75 Å². The Hall–Kier alpha value is -2.18. The van der Waals surface area contributed by atoms with E-state index in [4.69, 9.17) is 0 Å². The van der Waals surface area contributed by atoms with Crippen LogP contribution in [0.4, 0.5) is 11.4 Å². The van der Waals surface area contributed by atoms with Gasteiger partial charge in [-0.1, -0.05) is 20.3 Å². The van der Waals surface area contributed by atoms with Gasteiger partial charge in [-0.05, 0) is 17.9 Å². The number of hydrogen-bond acceptors (Lipinski definition) is 5. The SMILES string of the molecule is CCC[C@@H](C)c1cc([N+](=O)[O-])c(O)c([N+](=O)[O-])c1. The van der Waals surface area contributed by atoms with Crippen molar-refractivity contribution in [2.24, 2.45) is 0 Å². The summed E-state index contributed by atoms with van der Waals surface area (Å²) in [5, 5.41) is 31.0. The van der Waals surface area contributed by atoms with Crippen molar-refractivity contribution in [1.82, 2.24) is 0 Å². The maximum absolute atomic E-state index is 10.8. The number of aromatic hydroxyl groups is 1. The molecule has 0 unspecified atom stereocenters. The van der Waals surface area contributed by atoms with Gasteiger partial charge >= 0.3 is 11.4 Å². The zero-order valence-electron chi connectivity index (χ0n) is 10.1. The van der Waals surface area contributed by atoms with E-state index in [9.17, 15) is 25.3 Å². The van der Waals surface area contributed by atoms with Gasteiger partial charge in [-0.25, -0.2) is 0 Å². The summed E-state index contributed by atoms with van der Waals surface area (Å²) in [4.78, 5) is 19.9. The van der Waals surface area contributed by atoms with E-state index in [1.54, 1.807) is 0 Å². The summed E-state index contributed by atoms with van der Waals surface area (Å²) in [6, 6.07) is 2.39. The Balaban J connectivity index is 3.38. The Kier molecular flexibility index (Phi) is 4.19. The van der Waals surface area contributed by atoms with Crippen molar-refractivity contribution in [2.45, 2.75) is 32.6 Å². The quantitative estimate of drug-likeness (QED) is 0.641. The van der Waals surface area contributed by atoms with Crippen LogP contribution in [0.3, 0.4) is 0 Å². The number of phenols is 1. The molecule has 7 nitrogen and oxygen atoms in total. The van der Waals surface area contributed by atoms with Crippen LogP contribution in [0.15, 0.2) is 12.1 Å². The van der Waals surface area contributed by atoms with Gasteiger partial charge in [0.05, 0.1) is 9.85 Å². The molecule has 7 heteroatoms. The molecule has 0 amide bonds. The standard InChI is InChI=1S/C11H14N2O5/c1-3-4-7(2)8-5-9(12(15)16)11(14)10(6-8)13(17)18/h5-7,14H,3-4H2,1-2H3/t7-/m1/s1. The Morgan fingerprint density at radius 2 is 1.67 bits per heavy atom. The van der Waals surface area contributed by atoms with Crippen LogP contribution >= 0.6 is 0 Å². The second-order valence-electron chi connectivity index (χ2n) is 4.11. The van der Waals surface area contributed by atoms with Crippen LogP contribution in [0.1, 0.15) is 38.2 Å². The Labute approximate surface area is 103 Å². The third-order valence-corrected chi connectivity index (χ3v) is 2.78. The van der Waals surface area contributed by atoms with Gasteiger partial charge in [0.1, 0.15) is 0 Å². The molecule has 0 heterocycles. The first-order chi connectivity index (χ1) is 8.38. The van der Waals surface area contributed by atoms with Crippen molar-refractivity contribution in [3.05, 3.63) is 37.9 Å². The van der Waals surface area contributed by atoms with Crippen molar-refractivity contribution in [3.8, 4) is 5.75 Å². The molecule has 1 N–H and O–H groups in total. The van der Waals surface area contributed by atoms with E-state index < -0.39 is 27.0 Å². The largest absolute Gasteiger partial charge is 0.497 e. The van der Waals surface area contributed by atoms with E-state index >= 15 is 0 Å². The second kappa shape index (κ2) is 5.44. The average Bonchev–Trinajstić information content (AvgIpc) is 2.28. The Bertz CT molecular complexity index is 451. The number of rotatable bonds is 5. The van der Waals surface area contributed by atoms with E-state index in [1.165, 1.54) is 12.1 Å². The fourth-order valence-electron chi connectivity index (χ4n) is 1.79. The van der Waals surface area contributed by atoms with Gasteiger partial charge in [-0.2, -0.15) is 0 Å². The van der Waals surface area contributed by atoms with Crippen LogP contribution in [0.2, 0.25) is 0 Å². The van der Waals surface area contributed by atoms with Crippen molar-refractivity contribution >= 4 is 11.4 Å². The second-order valence-corrected chi connectivity index (χ2v) is 4.11. The molecule has 0 aliphatic carbocycles. The van der Waals surface area contributed by atoms with Crippen LogP contribution in [-0.4, -0.2) is 15.0 Å². The molecule has 1 aromatic carbocycles. The van der Waals surface area contributed by atoms with Crippen molar-refractivity contribution in [1.29, 1.82) is 0 Å². The minimum Gasteiger partial charge on any atom is -0.497 e. The number of phenolic OH excluding ortho intramolecular Hbond substituents is 1. The molecule has 0 aliphatic rings. The van der Waals surface area contributed by atoms with Crippen molar-refractivity contribution < 1.29 is 15.0 Å². The van der Waals surface area contributed by atoms with Crippen LogP contribution < -0.4 is 0 Å². The zero-order chi connectivity index (χ0) is 13.9. The number of nitrogens with zero attached hydrogens (tertiary/aromatic N) is 2. The maximum atomic E-state index is 10.8. The molecule has 1 rings (SSSR count). The van der Waals surface area contributed by atoms with Crippen LogP contribution in [0.25, 0.3) is 0 Å². The fraction of sp³-hybridized carbons (Fsp3) is 0.455. The van der Waals surface area contributed by atoms with Gasteiger partial charge in [-0.3, -0.25) is 20.2 Å². The Morgan fingerprint density at radius 3 is 2.00 bits per heavy atom. The lowest BCUT2D eigenvalue weighted by molar-refractivity contribution is -0.396. The summed E-state index contributed by atoms with van der Waals surface area (Å²) in [6.45, 7) is 3.79. The molecule has 0 fully saturated rings. The first-order valence-electron chi connectivity index (χ1n) is 5.54. The molecule has 1 aromatic rings. The molecular weight excluding hydrogens is 240 g/mol. The van der Waals surface area contributed by atoms with Gasteiger partial charge in [0.2, 0.25) is 0 Å². The summed E-state index contributed by atoms with van der Waals surface area (Å²) in [7, 11) is 0. The van der Waals surface area contributed by atoms with Gasteiger partial charge < -0.3 is 5.11 Å². The van der Waals surface area contributed by atoms with Crippen LogP contribution in [0, 0.1) is 20.2 Å². The lowest BCUT2D eigenvalue weighted by Crippen LogP contribution is -1.99. The van der Waals surface area contributed by atoms with E-state index in [-0.39, 0.29) is 5.92 Å². The molecule has 0 bridgehead atoms. The van der Waals surface area contributed by atoms with E-state index in [0.29, 0.717) is 5.56 Å². The molecule has 98 valence electrons. The average molecular weight is 254 g/mol. The van der Waals surface area contributed by atoms with E-state index in [1.807, 2.05) is 13.8 Å². The lowest BCUT2D eigenvalue weighted by Gasteiger charge is -2.10. The smallest absolute Gasteiger partial charge is 0.318 e. The number of benzene rings is 1. The van der Waals surface area contributed by atoms with Crippen molar-refractivity contribution in [2.75, 3.05) is 0 Å². The third kappa shape index (κ3) is 2.73. The van der Waals surface area contributed by atoms with Gasteiger partial charge in [0, 0.05) is 12.1 Å². The number of nitro benzene ring substituents is 2. The summed E-state index contributed by atoms with van der Waals surface area (Å²) >= 11 is 0. The zero-order valence-corrected chi connectivity index (χ0v) is 10.1. The predicted octanol–water partition coefficient (Wildman–Crippen LogP) is 3.11. The minimum atomic E-state index is -0.891. The summed E-state index contributed by atoms with van der Waals surface area (Å²) in [5.74, 6) is -0.926. The first-order valence-corrected chi connectivity index (χ1v) is 5.54. The van der Waals surface area contributed by atoms with Crippen molar-refractivity contribution in [3.63, 3.8) is 0 Å². The summed E-state index contributed by atoms with van der Waals surface area (Å²) in [5.41, 5.74) is -0.752. The highest BCUT2D eigenvalue weighted by molar-refractivity contribution is 5.61. The highest BCUT2D eigenvalue weighted by Crippen LogP contribution is 2.39. The predicted molar refractivity (Wildman–Crippen MR) is 64.7 cm³/mol. The molecule has 0 spiro atoms.